The Morgan fingerprint density at radius 1 is 0.889 bits per heavy atom. The van der Waals surface area contributed by atoms with Gasteiger partial charge in [0, 0.05) is 23.0 Å². The van der Waals surface area contributed by atoms with Gasteiger partial charge in [0.25, 0.3) is 0 Å². The zero-order valence-electron chi connectivity index (χ0n) is 10.2. The number of anilines is 2. The summed E-state index contributed by atoms with van der Waals surface area (Å²) in [4.78, 5) is 4.40. The fraction of sp³-hybridized carbons (Fsp3) is 0.0625. The largest absolute Gasteiger partial charge is 0.356 e. The van der Waals surface area contributed by atoms with E-state index in [0.717, 1.165) is 22.3 Å². The summed E-state index contributed by atoms with van der Waals surface area (Å²) in [7, 11) is 0. The maximum absolute atomic E-state index is 4.40. The van der Waals surface area contributed by atoms with Crippen molar-refractivity contribution in [3.63, 3.8) is 0 Å². The Kier molecular flexibility index (Phi) is 2.69. The van der Waals surface area contributed by atoms with Gasteiger partial charge in [-0.3, -0.25) is 4.98 Å². The van der Waals surface area contributed by atoms with Crippen molar-refractivity contribution < 1.29 is 0 Å². The molecule has 0 saturated carbocycles. The minimum Gasteiger partial charge on any atom is -0.356 e. The van der Waals surface area contributed by atoms with Crippen LogP contribution in [0.15, 0.2) is 60.8 Å². The summed E-state index contributed by atoms with van der Waals surface area (Å²) in [6.45, 7) is 2.06. The Balaban J connectivity index is 1.98. The number of aromatic nitrogens is 1. The van der Waals surface area contributed by atoms with Crippen molar-refractivity contribution in [3.05, 3.63) is 66.4 Å². The van der Waals surface area contributed by atoms with Crippen LogP contribution in [0, 0.1) is 6.92 Å². The summed E-state index contributed by atoms with van der Waals surface area (Å²) in [5.41, 5.74) is 4.39. The molecule has 0 amide bonds. The van der Waals surface area contributed by atoms with Gasteiger partial charge in [0.05, 0.1) is 5.52 Å². The number of rotatable bonds is 2. The van der Waals surface area contributed by atoms with Crippen molar-refractivity contribution in [1.82, 2.24) is 4.98 Å². The smallest absolute Gasteiger partial charge is 0.0703 e. The van der Waals surface area contributed by atoms with E-state index in [9.17, 15) is 0 Å². The number of pyridine rings is 1. The molecular weight excluding hydrogens is 220 g/mol. The van der Waals surface area contributed by atoms with Gasteiger partial charge in [-0.2, -0.15) is 0 Å². The van der Waals surface area contributed by atoms with Crippen molar-refractivity contribution in [2.45, 2.75) is 6.92 Å². The second-order valence-corrected chi connectivity index (χ2v) is 4.41. The first-order chi connectivity index (χ1) is 8.81. The normalized spacial score (nSPS) is 10.5. The van der Waals surface area contributed by atoms with Gasteiger partial charge in [0.2, 0.25) is 0 Å². The maximum atomic E-state index is 4.40. The van der Waals surface area contributed by atoms with Crippen LogP contribution in [0.25, 0.3) is 10.9 Å². The number of hydrogen-bond acceptors (Lipinski definition) is 2. The van der Waals surface area contributed by atoms with Crippen LogP contribution in [-0.4, -0.2) is 4.98 Å². The van der Waals surface area contributed by atoms with Gasteiger partial charge in [-0.25, -0.2) is 0 Å². The standard InChI is InChI=1S/C16H14N2/c1-12-9-13-10-15(7-8-16(13)17-11-12)18-14-5-3-2-4-6-14/h2-11,18H,1H3. The minimum absolute atomic E-state index is 1.03. The third kappa shape index (κ3) is 2.18. The lowest BCUT2D eigenvalue weighted by Gasteiger charge is -2.07. The van der Waals surface area contributed by atoms with Crippen LogP contribution in [0.1, 0.15) is 5.56 Å². The molecule has 0 aliphatic heterocycles. The molecule has 88 valence electrons. The lowest BCUT2D eigenvalue weighted by atomic mass is 10.1. The van der Waals surface area contributed by atoms with E-state index in [1.165, 1.54) is 5.56 Å². The fourth-order valence-electron chi connectivity index (χ4n) is 2.01. The van der Waals surface area contributed by atoms with E-state index in [1.54, 1.807) is 0 Å². The van der Waals surface area contributed by atoms with Crippen LogP contribution in [0.2, 0.25) is 0 Å². The van der Waals surface area contributed by atoms with E-state index >= 15 is 0 Å². The van der Waals surface area contributed by atoms with Crippen molar-refractivity contribution in [2.75, 3.05) is 5.32 Å². The summed E-state index contributed by atoms with van der Waals surface area (Å²) in [6, 6.07) is 18.5. The number of fused-ring (bicyclic) bond motifs is 1. The summed E-state index contributed by atoms with van der Waals surface area (Å²) in [5.74, 6) is 0. The molecule has 1 N–H and O–H groups in total. The molecule has 0 atom stereocenters. The molecule has 0 spiro atoms. The second-order valence-electron chi connectivity index (χ2n) is 4.41. The number of nitrogens with one attached hydrogen (secondary N) is 1. The highest BCUT2D eigenvalue weighted by Gasteiger charge is 1.98. The van der Waals surface area contributed by atoms with E-state index < -0.39 is 0 Å². The van der Waals surface area contributed by atoms with Gasteiger partial charge >= 0.3 is 0 Å². The van der Waals surface area contributed by atoms with Gasteiger partial charge in [-0.15, -0.1) is 0 Å². The molecule has 0 radical (unpaired) electrons. The highest BCUT2D eigenvalue weighted by Crippen LogP contribution is 2.21. The fourth-order valence-corrected chi connectivity index (χ4v) is 2.01. The molecule has 1 heterocycles. The topological polar surface area (TPSA) is 24.9 Å². The predicted molar refractivity (Wildman–Crippen MR) is 76.2 cm³/mol. The lowest BCUT2D eigenvalue weighted by molar-refractivity contribution is 1.33. The van der Waals surface area contributed by atoms with Crippen LogP contribution >= 0.6 is 0 Å². The van der Waals surface area contributed by atoms with E-state index in [0.29, 0.717) is 0 Å². The van der Waals surface area contributed by atoms with Gasteiger partial charge < -0.3 is 5.32 Å². The van der Waals surface area contributed by atoms with Crippen LogP contribution in [0.5, 0.6) is 0 Å². The molecule has 0 unspecified atom stereocenters. The van der Waals surface area contributed by atoms with E-state index in [2.05, 4.69) is 47.6 Å². The van der Waals surface area contributed by atoms with Crippen molar-refractivity contribution in [3.8, 4) is 0 Å². The highest BCUT2D eigenvalue weighted by atomic mass is 14.9. The first kappa shape index (κ1) is 10.8. The summed E-state index contributed by atoms with van der Waals surface area (Å²) < 4.78 is 0. The number of para-hydroxylation sites is 1. The summed E-state index contributed by atoms with van der Waals surface area (Å²) in [6.07, 6.45) is 1.90. The van der Waals surface area contributed by atoms with Crippen LogP contribution in [0.4, 0.5) is 11.4 Å². The number of hydrogen-bond donors (Lipinski definition) is 1. The number of benzene rings is 2. The summed E-state index contributed by atoms with van der Waals surface area (Å²) >= 11 is 0. The van der Waals surface area contributed by atoms with E-state index in [4.69, 9.17) is 0 Å². The third-order valence-electron chi connectivity index (χ3n) is 2.88. The molecule has 1 aromatic heterocycles. The molecule has 0 aliphatic carbocycles. The van der Waals surface area contributed by atoms with Crippen molar-refractivity contribution >= 4 is 22.3 Å². The zero-order chi connectivity index (χ0) is 12.4. The average Bonchev–Trinajstić information content (AvgIpc) is 2.39. The zero-order valence-corrected chi connectivity index (χ0v) is 10.2. The molecule has 0 saturated heterocycles. The minimum atomic E-state index is 1.03. The average molecular weight is 234 g/mol. The molecule has 0 fully saturated rings. The Labute approximate surface area is 106 Å². The van der Waals surface area contributed by atoms with Gasteiger partial charge in [-0.05, 0) is 48.9 Å². The molecule has 0 bridgehead atoms. The summed E-state index contributed by atoms with van der Waals surface area (Å²) in [5, 5.41) is 4.55. The van der Waals surface area contributed by atoms with Crippen molar-refractivity contribution in [1.29, 1.82) is 0 Å². The molecule has 2 nitrogen and oxygen atoms in total. The molecular formula is C16H14N2. The molecule has 2 aromatic carbocycles. The molecule has 0 aliphatic rings. The quantitative estimate of drug-likeness (QED) is 0.715. The first-order valence-corrected chi connectivity index (χ1v) is 6.00. The van der Waals surface area contributed by atoms with Gasteiger partial charge in [0.15, 0.2) is 0 Å². The molecule has 2 heteroatoms. The Hall–Kier alpha value is -2.35. The number of aryl methyl sites for hydroxylation is 1. The lowest BCUT2D eigenvalue weighted by Crippen LogP contribution is -1.90. The van der Waals surface area contributed by atoms with Crippen molar-refractivity contribution in [2.24, 2.45) is 0 Å². The van der Waals surface area contributed by atoms with Gasteiger partial charge in [0.1, 0.15) is 0 Å². The number of nitrogens with zero attached hydrogens (tertiary/aromatic N) is 1. The molecule has 3 rings (SSSR count). The Bertz CT molecular complexity index is 675. The molecule has 3 aromatic rings. The first-order valence-electron chi connectivity index (χ1n) is 6.00. The van der Waals surface area contributed by atoms with E-state index in [1.807, 2.05) is 30.5 Å². The Morgan fingerprint density at radius 2 is 1.72 bits per heavy atom. The monoisotopic (exact) mass is 234 g/mol. The van der Waals surface area contributed by atoms with Gasteiger partial charge in [-0.1, -0.05) is 18.2 Å². The maximum Gasteiger partial charge on any atom is 0.0703 e. The second kappa shape index (κ2) is 4.49. The highest BCUT2D eigenvalue weighted by molar-refractivity contribution is 5.83. The third-order valence-corrected chi connectivity index (χ3v) is 2.88. The SMILES string of the molecule is Cc1cnc2ccc(Nc3ccccc3)cc2c1. The van der Waals surface area contributed by atoms with Crippen LogP contribution in [-0.2, 0) is 0 Å². The predicted octanol–water partition coefficient (Wildman–Crippen LogP) is 4.29. The Morgan fingerprint density at radius 3 is 2.56 bits per heavy atom. The van der Waals surface area contributed by atoms with Crippen LogP contribution < -0.4 is 5.32 Å². The molecule has 18 heavy (non-hydrogen) atoms. The van der Waals surface area contributed by atoms with E-state index in [-0.39, 0.29) is 0 Å². The van der Waals surface area contributed by atoms with Crippen LogP contribution in [0.3, 0.4) is 0 Å².